The number of para-hydroxylation sites is 1. The number of ketones is 1. The lowest BCUT2D eigenvalue weighted by Gasteiger charge is -2.10. The molecular weight excluding hydrogens is 454 g/mol. The van der Waals surface area contributed by atoms with Crippen LogP contribution in [0, 0.1) is 18.3 Å². The molecule has 0 aliphatic carbocycles. The number of pyridine rings is 1. The summed E-state index contributed by atoms with van der Waals surface area (Å²) in [6, 6.07) is 14.3. The summed E-state index contributed by atoms with van der Waals surface area (Å²) in [5, 5.41) is 12.2. The number of aromatic nitrogens is 2. The molecule has 6 nitrogen and oxygen atoms in total. The molecule has 0 amide bonds. The molecule has 0 spiro atoms. The molecule has 4 rings (SSSR count). The molecule has 3 aromatic heterocycles. The van der Waals surface area contributed by atoms with Gasteiger partial charge in [-0.05, 0) is 31.2 Å². The third kappa shape index (κ3) is 4.49. The molecule has 1 unspecified atom stereocenters. The van der Waals surface area contributed by atoms with Gasteiger partial charge in [-0.1, -0.05) is 29.8 Å². The number of rotatable bonds is 6. The van der Waals surface area contributed by atoms with Crippen molar-refractivity contribution < 1.29 is 14.3 Å². The Morgan fingerprint density at radius 2 is 2.03 bits per heavy atom. The van der Waals surface area contributed by atoms with Crippen molar-refractivity contribution in [1.29, 1.82) is 5.26 Å². The maximum absolute atomic E-state index is 12.9. The second-order valence-corrected chi connectivity index (χ2v) is 9.21. The number of aryl methyl sites for hydroxylation is 1. The van der Waals surface area contributed by atoms with Gasteiger partial charge in [-0.2, -0.15) is 5.26 Å². The number of halogens is 1. The van der Waals surface area contributed by atoms with E-state index in [-0.39, 0.29) is 5.56 Å². The first-order valence-electron chi connectivity index (χ1n) is 9.13. The highest BCUT2D eigenvalue weighted by atomic mass is 35.5. The Morgan fingerprint density at radius 3 is 2.71 bits per heavy atom. The summed E-state index contributed by atoms with van der Waals surface area (Å²) in [7, 11) is 0. The zero-order chi connectivity index (χ0) is 22.0. The van der Waals surface area contributed by atoms with Gasteiger partial charge in [0, 0.05) is 16.5 Å². The number of thiazole rings is 1. The molecule has 0 aliphatic heterocycles. The zero-order valence-corrected chi connectivity index (χ0v) is 18.6. The lowest BCUT2D eigenvalue weighted by atomic mass is 10.1. The van der Waals surface area contributed by atoms with Crippen LogP contribution in [0.4, 0.5) is 0 Å². The number of nitriles is 1. The van der Waals surface area contributed by atoms with E-state index >= 15 is 0 Å². The maximum atomic E-state index is 12.9. The molecule has 9 heteroatoms. The minimum Gasteiger partial charge on any atom is -0.454 e. The Balaban J connectivity index is 1.60. The number of ether oxygens (including phenoxy) is 1. The lowest BCUT2D eigenvalue weighted by molar-refractivity contribution is -0.122. The summed E-state index contributed by atoms with van der Waals surface area (Å²) >= 11 is 8.62. The summed E-state index contributed by atoms with van der Waals surface area (Å²) in [5.41, 5.74) is 2.23. The number of fused-ring (bicyclic) bond motifs is 1. The van der Waals surface area contributed by atoms with Crippen molar-refractivity contribution in [2.45, 2.75) is 12.8 Å². The molecular formula is C22H14ClN3O3S2. The van der Waals surface area contributed by atoms with Crippen molar-refractivity contribution in [1.82, 2.24) is 9.97 Å². The third-order valence-corrected chi connectivity index (χ3v) is 6.72. The van der Waals surface area contributed by atoms with Crippen LogP contribution in [0.5, 0.6) is 0 Å². The molecule has 0 aliphatic rings. The zero-order valence-electron chi connectivity index (χ0n) is 16.2. The Hall–Kier alpha value is -3.12. The summed E-state index contributed by atoms with van der Waals surface area (Å²) in [4.78, 5) is 35.0. The number of esters is 1. The first kappa shape index (κ1) is 21.1. The normalized spacial score (nSPS) is 11.8. The number of benzene rings is 1. The van der Waals surface area contributed by atoms with Gasteiger partial charge in [0.1, 0.15) is 5.01 Å². The van der Waals surface area contributed by atoms with Gasteiger partial charge in [0.25, 0.3) is 0 Å². The summed E-state index contributed by atoms with van der Waals surface area (Å²) < 4.78 is 5.90. The second kappa shape index (κ2) is 8.94. The average molecular weight is 468 g/mol. The molecule has 1 atom stereocenters. The number of Topliss-reactive ketones (excluding diaryl/α,β-unsaturated/α-hetero) is 1. The second-order valence-electron chi connectivity index (χ2n) is 6.61. The fourth-order valence-electron chi connectivity index (χ4n) is 2.99. The minimum atomic E-state index is -1.07. The van der Waals surface area contributed by atoms with Gasteiger partial charge in [-0.25, -0.2) is 14.8 Å². The molecule has 0 bridgehead atoms. The van der Waals surface area contributed by atoms with Crippen molar-refractivity contribution in [3.63, 3.8) is 0 Å². The van der Waals surface area contributed by atoms with Crippen LogP contribution >= 0.6 is 34.3 Å². The molecule has 31 heavy (non-hydrogen) atoms. The highest BCUT2D eigenvalue weighted by molar-refractivity contribution is 7.19. The molecule has 0 N–H and O–H groups in total. The Kier molecular flexibility index (Phi) is 6.09. The van der Waals surface area contributed by atoms with E-state index in [0.717, 1.165) is 10.6 Å². The lowest BCUT2D eigenvalue weighted by Crippen LogP contribution is -2.20. The number of carbonyl (C=O) groups excluding carboxylic acids is 2. The predicted octanol–water partition coefficient (Wildman–Crippen LogP) is 5.41. The molecule has 1 aromatic carbocycles. The number of nitrogens with zero attached hydrogens (tertiary/aromatic N) is 3. The third-order valence-electron chi connectivity index (χ3n) is 4.44. The van der Waals surface area contributed by atoms with E-state index in [1.807, 2.05) is 18.2 Å². The van der Waals surface area contributed by atoms with E-state index in [1.54, 1.807) is 42.6 Å². The van der Waals surface area contributed by atoms with Crippen molar-refractivity contribution in [3.8, 4) is 16.6 Å². The number of thiophene rings is 1. The van der Waals surface area contributed by atoms with Crippen LogP contribution < -0.4 is 0 Å². The van der Waals surface area contributed by atoms with Crippen molar-refractivity contribution in [3.05, 3.63) is 68.4 Å². The molecule has 4 aromatic rings. The highest BCUT2D eigenvalue weighted by Crippen LogP contribution is 2.32. The van der Waals surface area contributed by atoms with Crippen LogP contribution in [0.1, 0.15) is 27.0 Å². The van der Waals surface area contributed by atoms with E-state index in [9.17, 15) is 14.9 Å². The van der Waals surface area contributed by atoms with Crippen LogP contribution in [0.3, 0.4) is 0 Å². The fraction of sp³-hybridized carbons (Fsp3) is 0.136. The van der Waals surface area contributed by atoms with E-state index < -0.39 is 24.3 Å². The smallest absolute Gasteiger partial charge is 0.339 e. The largest absolute Gasteiger partial charge is 0.454 e. The van der Waals surface area contributed by atoms with E-state index in [1.165, 1.54) is 22.7 Å². The van der Waals surface area contributed by atoms with Gasteiger partial charge < -0.3 is 4.74 Å². The molecule has 3 heterocycles. The van der Waals surface area contributed by atoms with Crippen LogP contribution in [-0.2, 0) is 9.53 Å². The quantitative estimate of drug-likeness (QED) is 0.352. The number of carbonyl (C=O) groups is 2. The van der Waals surface area contributed by atoms with Crippen LogP contribution in [-0.4, -0.2) is 28.3 Å². The highest BCUT2D eigenvalue weighted by Gasteiger charge is 2.25. The molecule has 0 saturated carbocycles. The standard InChI is InChI=1S/C22H14ClN3O3S2/c1-12-11-30-21(25-12)15(9-24)18(27)10-29-22(28)14-8-17(19-6-7-20(23)31-19)26-16-5-3-2-4-13(14)16/h2-8,11,15H,10H2,1H3. The van der Waals surface area contributed by atoms with Gasteiger partial charge >= 0.3 is 5.97 Å². The summed E-state index contributed by atoms with van der Waals surface area (Å²) in [6.45, 7) is 1.26. The van der Waals surface area contributed by atoms with Gasteiger partial charge in [-0.3, -0.25) is 4.79 Å². The van der Waals surface area contributed by atoms with E-state index in [4.69, 9.17) is 16.3 Å². The topological polar surface area (TPSA) is 92.9 Å². The average Bonchev–Trinajstić information content (AvgIpc) is 3.40. The molecule has 0 fully saturated rings. The van der Waals surface area contributed by atoms with Crippen LogP contribution in [0.25, 0.3) is 21.5 Å². The molecule has 0 saturated heterocycles. The van der Waals surface area contributed by atoms with Crippen molar-refractivity contribution in [2.24, 2.45) is 0 Å². The van der Waals surface area contributed by atoms with Crippen molar-refractivity contribution >= 4 is 56.9 Å². The van der Waals surface area contributed by atoms with E-state index in [2.05, 4.69) is 9.97 Å². The maximum Gasteiger partial charge on any atom is 0.339 e. The Morgan fingerprint density at radius 1 is 1.23 bits per heavy atom. The Bertz CT molecular complexity index is 1340. The fourth-order valence-corrected chi connectivity index (χ4v) is 4.85. The Labute approximate surface area is 190 Å². The van der Waals surface area contributed by atoms with Crippen molar-refractivity contribution in [2.75, 3.05) is 6.61 Å². The van der Waals surface area contributed by atoms with Crippen LogP contribution in [0.2, 0.25) is 4.34 Å². The van der Waals surface area contributed by atoms with Gasteiger partial charge in [0.2, 0.25) is 0 Å². The number of hydrogen-bond acceptors (Lipinski definition) is 8. The van der Waals surface area contributed by atoms with Crippen LogP contribution in [0.15, 0.2) is 47.8 Å². The SMILES string of the molecule is Cc1csc(C(C#N)C(=O)COC(=O)c2cc(-c3ccc(Cl)s3)nc3ccccc23)n1. The van der Waals surface area contributed by atoms with Gasteiger partial charge in [0.15, 0.2) is 18.3 Å². The minimum absolute atomic E-state index is 0.288. The summed E-state index contributed by atoms with van der Waals surface area (Å²) in [5.74, 6) is -2.25. The van der Waals surface area contributed by atoms with Gasteiger partial charge in [-0.15, -0.1) is 22.7 Å². The summed E-state index contributed by atoms with van der Waals surface area (Å²) in [6.07, 6.45) is 0. The van der Waals surface area contributed by atoms with Gasteiger partial charge in [0.05, 0.1) is 32.1 Å². The first-order valence-corrected chi connectivity index (χ1v) is 11.2. The van der Waals surface area contributed by atoms with E-state index in [0.29, 0.717) is 25.9 Å². The number of hydrogen-bond donors (Lipinski definition) is 0. The monoisotopic (exact) mass is 467 g/mol. The molecule has 154 valence electrons. The predicted molar refractivity (Wildman–Crippen MR) is 121 cm³/mol. The molecule has 0 radical (unpaired) electrons. The first-order chi connectivity index (χ1) is 15.0.